The van der Waals surface area contributed by atoms with Crippen molar-refractivity contribution in [3.63, 3.8) is 0 Å². The number of likely N-dealkylation sites (tertiary alicyclic amines) is 1. The van der Waals surface area contributed by atoms with E-state index in [9.17, 15) is 4.79 Å². The van der Waals surface area contributed by atoms with Crippen LogP contribution in [0.25, 0.3) is 5.57 Å². The molecule has 162 valence electrons. The molecule has 0 spiro atoms. The zero-order chi connectivity index (χ0) is 21.3. The van der Waals surface area contributed by atoms with Crippen LogP contribution in [-0.4, -0.2) is 29.4 Å². The summed E-state index contributed by atoms with van der Waals surface area (Å²) >= 11 is 0. The molecule has 5 rings (SSSR count). The Morgan fingerprint density at radius 1 is 1.03 bits per heavy atom. The summed E-state index contributed by atoms with van der Waals surface area (Å²) in [5, 5.41) is 0. The molecule has 3 aliphatic carbocycles. The lowest BCUT2D eigenvalue weighted by Crippen LogP contribution is -2.57. The van der Waals surface area contributed by atoms with Gasteiger partial charge in [0, 0.05) is 32.4 Å². The second-order valence-corrected chi connectivity index (χ2v) is 11.7. The minimum Gasteiger partial charge on any atom is -0.345 e. The van der Waals surface area contributed by atoms with Crippen LogP contribution in [0.15, 0.2) is 24.5 Å². The van der Waals surface area contributed by atoms with E-state index in [4.69, 9.17) is 0 Å². The SMILES string of the molecule is Cc1cncc(C2=CC[C@H]3[C@]4(C)CC[C@H]5CN(C)C(=O)CC[C@]5(C)[C@H]4CC[C@]23C)c1. The molecule has 4 aliphatic rings. The molecule has 0 unspecified atom stereocenters. The number of carbonyl (C=O) groups is 1. The maximum absolute atomic E-state index is 12.5. The maximum Gasteiger partial charge on any atom is 0.222 e. The molecule has 3 fully saturated rings. The lowest BCUT2D eigenvalue weighted by molar-refractivity contribution is -0.140. The molecule has 0 bridgehead atoms. The molecule has 1 aliphatic heterocycles. The zero-order valence-electron chi connectivity index (χ0n) is 19.5. The smallest absolute Gasteiger partial charge is 0.222 e. The number of allylic oxidation sites excluding steroid dienone is 2. The molecule has 6 atom stereocenters. The molecule has 1 amide bonds. The van der Waals surface area contributed by atoms with Gasteiger partial charge >= 0.3 is 0 Å². The summed E-state index contributed by atoms with van der Waals surface area (Å²) in [6.45, 7) is 10.8. The molecular weight excluding hydrogens is 368 g/mol. The quantitative estimate of drug-likeness (QED) is 0.583. The number of hydrogen-bond donors (Lipinski definition) is 0. The molecule has 3 nitrogen and oxygen atoms in total. The zero-order valence-corrected chi connectivity index (χ0v) is 19.5. The minimum absolute atomic E-state index is 0.251. The fraction of sp³-hybridized carbons (Fsp3) is 0.704. The second-order valence-electron chi connectivity index (χ2n) is 11.7. The first-order chi connectivity index (χ1) is 14.2. The number of hydrogen-bond acceptors (Lipinski definition) is 2. The molecule has 2 saturated carbocycles. The van der Waals surface area contributed by atoms with E-state index in [2.05, 4.69) is 51.0 Å². The van der Waals surface area contributed by atoms with E-state index in [1.54, 1.807) is 5.57 Å². The number of amides is 1. The molecular formula is C27H38N2O. The van der Waals surface area contributed by atoms with E-state index in [1.807, 2.05) is 18.1 Å². The van der Waals surface area contributed by atoms with Gasteiger partial charge in [0.2, 0.25) is 5.91 Å². The van der Waals surface area contributed by atoms with E-state index in [1.165, 1.54) is 43.2 Å². The van der Waals surface area contributed by atoms with Crippen molar-refractivity contribution in [3.05, 3.63) is 35.7 Å². The summed E-state index contributed by atoms with van der Waals surface area (Å²) in [6, 6.07) is 2.33. The van der Waals surface area contributed by atoms with Gasteiger partial charge in [0.05, 0.1) is 0 Å². The van der Waals surface area contributed by atoms with Gasteiger partial charge in [0.25, 0.3) is 0 Å². The Labute approximate surface area is 182 Å². The Kier molecular flexibility index (Phi) is 4.51. The number of aryl methyl sites for hydroxylation is 1. The molecule has 1 aromatic heterocycles. The van der Waals surface area contributed by atoms with Crippen molar-refractivity contribution in [2.24, 2.45) is 34.0 Å². The van der Waals surface area contributed by atoms with Crippen molar-refractivity contribution in [1.29, 1.82) is 0 Å². The van der Waals surface area contributed by atoms with Crippen LogP contribution in [0.2, 0.25) is 0 Å². The molecule has 3 heteroatoms. The first kappa shape index (κ1) is 20.3. The van der Waals surface area contributed by atoms with Crippen molar-refractivity contribution in [3.8, 4) is 0 Å². The van der Waals surface area contributed by atoms with Gasteiger partial charge in [-0.1, -0.05) is 26.8 Å². The average molecular weight is 407 g/mol. The Bertz CT molecular complexity index is 906. The summed E-state index contributed by atoms with van der Waals surface area (Å²) < 4.78 is 0. The van der Waals surface area contributed by atoms with Gasteiger partial charge in [-0.25, -0.2) is 0 Å². The Hall–Kier alpha value is -1.64. The number of nitrogens with zero attached hydrogens (tertiary/aromatic N) is 2. The average Bonchev–Trinajstić information content (AvgIpc) is 3.01. The highest BCUT2D eigenvalue weighted by Crippen LogP contribution is 2.71. The van der Waals surface area contributed by atoms with Crippen molar-refractivity contribution in [1.82, 2.24) is 9.88 Å². The van der Waals surface area contributed by atoms with Crippen LogP contribution in [0.1, 0.15) is 76.8 Å². The third kappa shape index (κ3) is 2.69. The molecule has 1 aromatic rings. The summed E-state index contributed by atoms with van der Waals surface area (Å²) in [4.78, 5) is 19.0. The molecule has 0 N–H and O–H groups in total. The van der Waals surface area contributed by atoms with Crippen LogP contribution in [0.5, 0.6) is 0 Å². The van der Waals surface area contributed by atoms with Gasteiger partial charge in [0.1, 0.15) is 0 Å². The van der Waals surface area contributed by atoms with Crippen LogP contribution >= 0.6 is 0 Å². The third-order valence-corrected chi connectivity index (χ3v) is 10.2. The number of carbonyl (C=O) groups excluding carboxylic acids is 1. The number of fused-ring (bicyclic) bond motifs is 5. The van der Waals surface area contributed by atoms with E-state index in [0.717, 1.165) is 25.3 Å². The van der Waals surface area contributed by atoms with Gasteiger partial charge in [-0.05, 0) is 102 Å². The highest BCUT2D eigenvalue weighted by atomic mass is 16.2. The van der Waals surface area contributed by atoms with Gasteiger partial charge < -0.3 is 4.90 Å². The number of pyridine rings is 1. The van der Waals surface area contributed by atoms with E-state index < -0.39 is 0 Å². The van der Waals surface area contributed by atoms with Crippen LogP contribution in [0.3, 0.4) is 0 Å². The van der Waals surface area contributed by atoms with Crippen LogP contribution in [0.4, 0.5) is 0 Å². The number of aromatic nitrogens is 1. The normalized spacial score (nSPS) is 43.4. The van der Waals surface area contributed by atoms with Crippen molar-refractivity contribution < 1.29 is 4.79 Å². The predicted octanol–water partition coefficient (Wildman–Crippen LogP) is 5.88. The summed E-state index contributed by atoms with van der Waals surface area (Å²) in [6.07, 6.45) is 14.7. The van der Waals surface area contributed by atoms with Gasteiger partial charge in [-0.15, -0.1) is 0 Å². The topological polar surface area (TPSA) is 33.2 Å². The monoisotopic (exact) mass is 406 g/mol. The second kappa shape index (κ2) is 6.68. The van der Waals surface area contributed by atoms with Gasteiger partial charge in [-0.2, -0.15) is 0 Å². The first-order valence-electron chi connectivity index (χ1n) is 12.0. The first-order valence-corrected chi connectivity index (χ1v) is 12.0. The van der Waals surface area contributed by atoms with Crippen LogP contribution in [-0.2, 0) is 4.79 Å². The Balaban J connectivity index is 1.49. The highest BCUT2D eigenvalue weighted by molar-refractivity contribution is 5.76. The maximum atomic E-state index is 12.5. The van der Waals surface area contributed by atoms with Crippen molar-refractivity contribution in [2.45, 2.75) is 72.6 Å². The van der Waals surface area contributed by atoms with Crippen LogP contribution < -0.4 is 0 Å². The van der Waals surface area contributed by atoms with E-state index >= 15 is 0 Å². The van der Waals surface area contributed by atoms with Crippen LogP contribution in [0, 0.1) is 40.9 Å². The van der Waals surface area contributed by atoms with Gasteiger partial charge in [0.15, 0.2) is 0 Å². The summed E-state index contributed by atoms with van der Waals surface area (Å²) in [5.74, 6) is 2.44. The molecule has 1 saturated heterocycles. The third-order valence-electron chi connectivity index (χ3n) is 10.2. The van der Waals surface area contributed by atoms with E-state index in [-0.39, 0.29) is 5.41 Å². The fourth-order valence-corrected chi connectivity index (χ4v) is 8.60. The Morgan fingerprint density at radius 2 is 1.83 bits per heavy atom. The minimum atomic E-state index is 0.251. The van der Waals surface area contributed by atoms with Gasteiger partial charge in [-0.3, -0.25) is 9.78 Å². The lowest BCUT2D eigenvalue weighted by atomic mass is 9.40. The standard InChI is InChI=1S/C27H38N2O/c1-18-14-19(16-28-15-18)21-6-7-22-26(21,3)12-9-23-25(2)13-10-24(30)29(5)17-20(25)8-11-27(22,23)4/h6,14-16,20,22-23H,7-13,17H2,1-5H3/t20-,22+,23+,25-,26+,27-/m0/s1. The fourth-order valence-electron chi connectivity index (χ4n) is 8.60. The predicted molar refractivity (Wildman–Crippen MR) is 122 cm³/mol. The van der Waals surface area contributed by atoms with E-state index in [0.29, 0.717) is 28.6 Å². The molecule has 0 aromatic carbocycles. The lowest BCUT2D eigenvalue weighted by Gasteiger charge is -2.64. The van der Waals surface area contributed by atoms with Crippen molar-refractivity contribution >= 4 is 11.5 Å². The number of rotatable bonds is 1. The molecule has 30 heavy (non-hydrogen) atoms. The summed E-state index contributed by atoms with van der Waals surface area (Å²) in [5.41, 5.74) is 5.04. The molecule has 2 heterocycles. The Morgan fingerprint density at radius 3 is 2.60 bits per heavy atom. The summed E-state index contributed by atoms with van der Waals surface area (Å²) in [7, 11) is 2.02. The largest absolute Gasteiger partial charge is 0.345 e. The van der Waals surface area contributed by atoms with Crippen molar-refractivity contribution in [2.75, 3.05) is 13.6 Å². The molecule has 0 radical (unpaired) electrons. The highest BCUT2D eigenvalue weighted by Gasteiger charge is 2.63.